The summed E-state index contributed by atoms with van der Waals surface area (Å²) in [5.74, 6) is -0.402. The molecular weight excluding hydrogens is 412 g/mol. The first-order chi connectivity index (χ1) is 15.4. The molecule has 0 amide bonds. The smallest absolute Gasteiger partial charge is 0.227 e. The van der Waals surface area contributed by atoms with E-state index >= 15 is 0 Å². The number of aliphatic imine (C=N–C) groups is 1. The molecule has 1 unspecified atom stereocenters. The molecule has 1 aromatic carbocycles. The van der Waals surface area contributed by atoms with Gasteiger partial charge in [0.1, 0.15) is 23.1 Å². The minimum atomic E-state index is -0.631. The lowest BCUT2D eigenvalue weighted by atomic mass is 9.97. The minimum Gasteiger partial charge on any atom is -0.354 e. The molecule has 2 aromatic heterocycles. The number of nitrogens with one attached hydrogen (secondary N) is 2. The molecule has 9 heteroatoms. The van der Waals surface area contributed by atoms with Crippen LogP contribution in [0.5, 0.6) is 0 Å². The predicted molar refractivity (Wildman–Crippen MR) is 120 cm³/mol. The van der Waals surface area contributed by atoms with Gasteiger partial charge < -0.3 is 15.5 Å². The molecule has 0 radical (unpaired) electrons. The third kappa shape index (κ3) is 4.16. The van der Waals surface area contributed by atoms with Crippen molar-refractivity contribution in [3.63, 3.8) is 0 Å². The quantitative estimate of drug-likeness (QED) is 0.647. The molecule has 0 bridgehead atoms. The van der Waals surface area contributed by atoms with Gasteiger partial charge in [-0.05, 0) is 43.7 Å². The summed E-state index contributed by atoms with van der Waals surface area (Å²) >= 11 is 0. The Morgan fingerprint density at radius 1 is 1.00 bits per heavy atom. The van der Waals surface area contributed by atoms with Gasteiger partial charge in [0, 0.05) is 37.5 Å². The van der Waals surface area contributed by atoms with Gasteiger partial charge >= 0.3 is 0 Å². The van der Waals surface area contributed by atoms with Gasteiger partial charge in [0.2, 0.25) is 5.95 Å². The Morgan fingerprint density at radius 3 is 2.44 bits per heavy atom. The second kappa shape index (κ2) is 8.23. The van der Waals surface area contributed by atoms with E-state index in [1.165, 1.54) is 12.1 Å². The van der Waals surface area contributed by atoms with E-state index in [0.717, 1.165) is 30.7 Å². The maximum Gasteiger partial charge on any atom is 0.227 e. The lowest BCUT2D eigenvalue weighted by molar-refractivity contribution is 0.405. The highest BCUT2D eigenvalue weighted by Crippen LogP contribution is 2.35. The largest absolute Gasteiger partial charge is 0.354 e. The average molecular weight is 435 g/mol. The standard InChI is InChI=1S/C23H23F2N7/c1-13-11-32(12-14(2)29-13)21-4-3-18(8-27-21)30-23-28-10-20-22(31-23)19(9-26-20)15-5-16(24)7-17(25)6-15/h3-10,13-14,19,29H,11-12H2,1-2H3,(H,28,30,31)/t13-,14+,19?. The van der Waals surface area contributed by atoms with Crippen LogP contribution in [0.2, 0.25) is 0 Å². The van der Waals surface area contributed by atoms with Crippen LogP contribution < -0.4 is 15.5 Å². The fraction of sp³-hybridized carbons (Fsp3) is 0.304. The molecule has 0 spiro atoms. The van der Waals surface area contributed by atoms with Crippen molar-refractivity contribution < 1.29 is 8.78 Å². The first-order valence-electron chi connectivity index (χ1n) is 10.6. The average Bonchev–Trinajstić information content (AvgIpc) is 3.16. The van der Waals surface area contributed by atoms with Crippen LogP contribution in [0.15, 0.2) is 47.7 Å². The van der Waals surface area contributed by atoms with Gasteiger partial charge in [-0.3, -0.25) is 4.99 Å². The zero-order chi connectivity index (χ0) is 22.2. The van der Waals surface area contributed by atoms with E-state index in [0.29, 0.717) is 35.0 Å². The number of nitrogens with zero attached hydrogens (tertiary/aromatic N) is 5. The minimum absolute atomic E-state index is 0.370. The molecule has 0 aliphatic carbocycles. The monoisotopic (exact) mass is 435 g/mol. The first-order valence-corrected chi connectivity index (χ1v) is 10.6. The van der Waals surface area contributed by atoms with E-state index in [9.17, 15) is 8.78 Å². The number of anilines is 3. The van der Waals surface area contributed by atoms with Crippen molar-refractivity contribution >= 4 is 29.4 Å². The first kappa shape index (κ1) is 20.4. The third-order valence-electron chi connectivity index (χ3n) is 5.58. The van der Waals surface area contributed by atoms with E-state index in [1.54, 1.807) is 18.6 Å². The molecule has 1 fully saturated rings. The Bertz CT molecular complexity index is 1140. The molecule has 2 aliphatic rings. The summed E-state index contributed by atoms with van der Waals surface area (Å²) in [4.78, 5) is 20.0. The van der Waals surface area contributed by atoms with Gasteiger partial charge in [-0.2, -0.15) is 0 Å². The Kier molecular flexibility index (Phi) is 5.26. The van der Waals surface area contributed by atoms with Crippen molar-refractivity contribution in [1.29, 1.82) is 0 Å². The Balaban J connectivity index is 1.34. The summed E-state index contributed by atoms with van der Waals surface area (Å²) in [6, 6.07) is 8.16. The summed E-state index contributed by atoms with van der Waals surface area (Å²) in [6.45, 7) is 6.14. The van der Waals surface area contributed by atoms with Crippen LogP contribution in [-0.2, 0) is 0 Å². The zero-order valence-corrected chi connectivity index (χ0v) is 17.8. The highest BCUT2D eigenvalue weighted by molar-refractivity contribution is 5.83. The number of halogens is 2. The summed E-state index contributed by atoms with van der Waals surface area (Å²) in [5.41, 5.74) is 2.39. The van der Waals surface area contributed by atoms with Crippen LogP contribution in [0.1, 0.15) is 31.0 Å². The second-order valence-electron chi connectivity index (χ2n) is 8.33. The maximum atomic E-state index is 13.7. The van der Waals surface area contributed by atoms with Gasteiger partial charge in [0.05, 0.1) is 29.7 Å². The Labute approximate surface area is 184 Å². The number of hydrogen-bond acceptors (Lipinski definition) is 7. The Hall–Kier alpha value is -3.46. The lowest BCUT2D eigenvalue weighted by Crippen LogP contribution is -2.54. The van der Waals surface area contributed by atoms with Crippen molar-refractivity contribution in [2.24, 2.45) is 4.99 Å². The van der Waals surface area contributed by atoms with Crippen LogP contribution in [0.4, 0.5) is 31.9 Å². The highest BCUT2D eigenvalue weighted by Gasteiger charge is 2.25. The molecule has 4 heterocycles. The topological polar surface area (TPSA) is 78.3 Å². The highest BCUT2D eigenvalue weighted by atomic mass is 19.1. The van der Waals surface area contributed by atoms with E-state index < -0.39 is 17.6 Å². The third-order valence-corrected chi connectivity index (χ3v) is 5.58. The van der Waals surface area contributed by atoms with E-state index in [2.05, 4.69) is 49.3 Å². The summed E-state index contributed by atoms with van der Waals surface area (Å²) in [7, 11) is 0. The number of rotatable bonds is 4. The van der Waals surface area contributed by atoms with E-state index in [1.807, 2.05) is 12.1 Å². The van der Waals surface area contributed by atoms with E-state index in [-0.39, 0.29) is 0 Å². The van der Waals surface area contributed by atoms with Crippen molar-refractivity contribution in [3.8, 4) is 0 Å². The molecule has 1 saturated heterocycles. The van der Waals surface area contributed by atoms with Gasteiger partial charge in [-0.15, -0.1) is 0 Å². The summed E-state index contributed by atoms with van der Waals surface area (Å²) in [5, 5.41) is 6.67. The van der Waals surface area contributed by atoms with E-state index in [4.69, 9.17) is 0 Å². The maximum absolute atomic E-state index is 13.7. The fourth-order valence-corrected chi connectivity index (χ4v) is 4.29. The number of piperazine rings is 1. The fourth-order valence-electron chi connectivity index (χ4n) is 4.29. The molecule has 0 saturated carbocycles. The van der Waals surface area contributed by atoms with Gasteiger partial charge in [0.15, 0.2) is 0 Å². The van der Waals surface area contributed by atoms with Crippen molar-refractivity contribution in [2.45, 2.75) is 31.8 Å². The molecular formula is C23H23F2N7. The summed E-state index contributed by atoms with van der Waals surface area (Å²) in [6.07, 6.45) is 4.98. The number of hydrogen-bond donors (Lipinski definition) is 2. The van der Waals surface area contributed by atoms with Crippen LogP contribution in [0.3, 0.4) is 0 Å². The van der Waals surface area contributed by atoms with Crippen LogP contribution in [0.25, 0.3) is 0 Å². The van der Waals surface area contributed by atoms with Gasteiger partial charge in [-0.25, -0.2) is 23.7 Å². The molecule has 5 rings (SSSR count). The molecule has 7 nitrogen and oxygen atoms in total. The van der Waals surface area contributed by atoms with Crippen molar-refractivity contribution in [3.05, 3.63) is 65.6 Å². The molecule has 3 atom stereocenters. The number of fused-ring (bicyclic) bond motifs is 1. The normalized spacial score (nSPS) is 22.1. The second-order valence-corrected chi connectivity index (χ2v) is 8.33. The van der Waals surface area contributed by atoms with Crippen LogP contribution in [-0.4, -0.2) is 46.3 Å². The molecule has 32 heavy (non-hydrogen) atoms. The van der Waals surface area contributed by atoms with Gasteiger partial charge in [0.25, 0.3) is 0 Å². The number of benzene rings is 1. The molecule has 2 aliphatic heterocycles. The van der Waals surface area contributed by atoms with Crippen LogP contribution in [0, 0.1) is 11.6 Å². The number of aromatic nitrogens is 3. The lowest BCUT2D eigenvalue weighted by Gasteiger charge is -2.36. The van der Waals surface area contributed by atoms with Crippen molar-refractivity contribution in [1.82, 2.24) is 20.3 Å². The SMILES string of the molecule is C[C@@H]1CN(c2ccc(Nc3ncc4c(n3)C(c3cc(F)cc(F)c3)C=N4)cn2)C[C@H](C)N1. The van der Waals surface area contributed by atoms with Gasteiger partial charge in [-0.1, -0.05) is 0 Å². The zero-order valence-electron chi connectivity index (χ0n) is 17.8. The number of pyridine rings is 1. The van der Waals surface area contributed by atoms with Crippen molar-refractivity contribution in [2.75, 3.05) is 23.3 Å². The predicted octanol–water partition coefficient (Wildman–Crippen LogP) is 3.93. The Morgan fingerprint density at radius 2 is 1.75 bits per heavy atom. The summed E-state index contributed by atoms with van der Waals surface area (Å²) < 4.78 is 27.4. The molecule has 2 N–H and O–H groups in total. The molecule has 3 aromatic rings. The molecule has 164 valence electrons. The van der Waals surface area contributed by atoms with Crippen LogP contribution >= 0.6 is 0 Å².